The van der Waals surface area contributed by atoms with E-state index in [0.717, 1.165) is 57.9 Å². The van der Waals surface area contributed by atoms with Crippen LogP contribution in [0.3, 0.4) is 0 Å². The SMILES string of the molecule is COCCN1CCN(CC(=O)C2C=c3c(ccc4c3=CCc3ccccc3-4)C(C3=CC=CC=CN3)C2)CC1. The zero-order valence-electron chi connectivity index (χ0n) is 22.2. The summed E-state index contributed by atoms with van der Waals surface area (Å²) in [5.74, 6) is 0.383. The van der Waals surface area contributed by atoms with Gasteiger partial charge in [-0.25, -0.2) is 0 Å². The Morgan fingerprint density at radius 2 is 1.82 bits per heavy atom. The molecular formula is C33H37N3O2. The van der Waals surface area contributed by atoms with Crippen LogP contribution >= 0.6 is 0 Å². The number of benzene rings is 2. The van der Waals surface area contributed by atoms with Gasteiger partial charge in [-0.1, -0.05) is 60.7 Å². The topological polar surface area (TPSA) is 44.8 Å². The number of hydrogen-bond donors (Lipinski definition) is 1. The molecule has 2 unspecified atom stereocenters. The number of nitrogens with zero attached hydrogens (tertiary/aromatic N) is 2. The van der Waals surface area contributed by atoms with Crippen molar-refractivity contribution in [2.24, 2.45) is 5.92 Å². The molecule has 0 spiro atoms. The molecule has 5 nitrogen and oxygen atoms in total. The van der Waals surface area contributed by atoms with Crippen molar-refractivity contribution in [1.29, 1.82) is 0 Å². The Bertz CT molecular complexity index is 1410. The summed E-state index contributed by atoms with van der Waals surface area (Å²) < 4.78 is 5.24. The Morgan fingerprint density at radius 3 is 2.68 bits per heavy atom. The molecule has 0 aromatic heterocycles. The van der Waals surface area contributed by atoms with Crippen molar-refractivity contribution in [3.8, 4) is 11.1 Å². The molecule has 2 atom stereocenters. The zero-order valence-corrected chi connectivity index (χ0v) is 22.2. The van der Waals surface area contributed by atoms with E-state index in [0.29, 0.717) is 12.3 Å². The highest BCUT2D eigenvalue weighted by molar-refractivity contribution is 5.89. The van der Waals surface area contributed by atoms with Gasteiger partial charge in [-0.15, -0.1) is 0 Å². The molecule has 38 heavy (non-hydrogen) atoms. The van der Waals surface area contributed by atoms with Gasteiger partial charge in [0.05, 0.1) is 13.2 Å². The fourth-order valence-corrected chi connectivity index (χ4v) is 6.36. The van der Waals surface area contributed by atoms with Crippen LogP contribution in [0.1, 0.15) is 23.5 Å². The molecule has 2 aromatic carbocycles. The Labute approximate surface area is 225 Å². The summed E-state index contributed by atoms with van der Waals surface area (Å²) in [7, 11) is 1.75. The first-order chi connectivity index (χ1) is 18.7. The molecule has 1 N–H and O–H groups in total. The van der Waals surface area contributed by atoms with Crippen molar-refractivity contribution in [3.05, 3.63) is 94.2 Å². The van der Waals surface area contributed by atoms with Crippen LogP contribution < -0.4 is 15.8 Å². The number of carbonyl (C=O) groups excluding carboxylic acids is 1. The second kappa shape index (κ2) is 11.2. The minimum Gasteiger partial charge on any atom is -0.383 e. The summed E-state index contributed by atoms with van der Waals surface area (Å²) in [6.07, 6.45) is 16.7. The standard InChI is InChI=1S/C33H37N3O2/c1-38-20-19-35-15-17-36(18-16-35)23-33(37)25-21-30-28-11-10-24-7-4-5-8-26(24)27(28)12-13-29(30)31(22-25)32-9-3-2-6-14-34-32/h2-9,11-14,21,25,31,34H,10,15-20,22-23H2,1H3. The largest absolute Gasteiger partial charge is 0.383 e. The zero-order chi connectivity index (χ0) is 25.9. The summed E-state index contributed by atoms with van der Waals surface area (Å²) in [5.41, 5.74) is 6.44. The molecule has 5 heteroatoms. The number of piperazine rings is 1. The number of methoxy groups -OCH3 is 1. The molecular weight excluding hydrogens is 470 g/mol. The van der Waals surface area contributed by atoms with Gasteiger partial charge in [0.1, 0.15) is 0 Å². The molecule has 6 rings (SSSR count). The third kappa shape index (κ3) is 5.06. The van der Waals surface area contributed by atoms with E-state index in [1.54, 1.807) is 7.11 Å². The normalized spacial score (nSPS) is 22.6. The predicted molar refractivity (Wildman–Crippen MR) is 154 cm³/mol. The maximum absolute atomic E-state index is 13.8. The maximum atomic E-state index is 13.8. The number of hydrogen-bond acceptors (Lipinski definition) is 5. The lowest BCUT2D eigenvalue weighted by Gasteiger charge is -2.35. The van der Waals surface area contributed by atoms with Gasteiger partial charge in [-0.3, -0.25) is 14.6 Å². The van der Waals surface area contributed by atoms with E-state index in [4.69, 9.17) is 4.74 Å². The molecule has 2 aromatic rings. The van der Waals surface area contributed by atoms with Crippen LogP contribution in [0, 0.1) is 5.92 Å². The maximum Gasteiger partial charge on any atom is 0.153 e. The number of fused-ring (bicyclic) bond motifs is 5. The van der Waals surface area contributed by atoms with Crippen molar-refractivity contribution in [2.75, 3.05) is 53.0 Å². The van der Waals surface area contributed by atoms with E-state index in [1.807, 2.05) is 18.4 Å². The third-order valence-electron chi connectivity index (χ3n) is 8.48. The van der Waals surface area contributed by atoms with E-state index >= 15 is 0 Å². The van der Waals surface area contributed by atoms with Crippen LogP contribution in [0.2, 0.25) is 0 Å². The third-order valence-corrected chi connectivity index (χ3v) is 8.48. The van der Waals surface area contributed by atoms with Crippen LogP contribution in [0.4, 0.5) is 0 Å². The van der Waals surface area contributed by atoms with Crippen molar-refractivity contribution in [2.45, 2.75) is 18.8 Å². The number of allylic oxidation sites excluding steroid dienone is 5. The minimum atomic E-state index is -0.102. The van der Waals surface area contributed by atoms with Crippen LogP contribution in [0.5, 0.6) is 0 Å². The Morgan fingerprint density at radius 1 is 0.974 bits per heavy atom. The lowest BCUT2D eigenvalue weighted by atomic mass is 9.76. The van der Waals surface area contributed by atoms with Gasteiger partial charge in [0.2, 0.25) is 0 Å². The van der Waals surface area contributed by atoms with E-state index in [2.05, 4.69) is 75.8 Å². The number of ketones is 1. The highest BCUT2D eigenvalue weighted by Crippen LogP contribution is 2.34. The van der Waals surface area contributed by atoms with Gasteiger partial charge < -0.3 is 10.1 Å². The van der Waals surface area contributed by atoms with Crippen LogP contribution in [-0.2, 0) is 16.0 Å². The van der Waals surface area contributed by atoms with Gasteiger partial charge in [0.25, 0.3) is 0 Å². The molecule has 2 heterocycles. The number of carbonyl (C=O) groups is 1. The summed E-state index contributed by atoms with van der Waals surface area (Å²) >= 11 is 0. The van der Waals surface area contributed by atoms with Gasteiger partial charge in [0, 0.05) is 63.6 Å². The quantitative estimate of drug-likeness (QED) is 0.625. The van der Waals surface area contributed by atoms with E-state index in [9.17, 15) is 4.79 Å². The molecule has 1 fully saturated rings. The number of ether oxygens (including phenoxy) is 1. The van der Waals surface area contributed by atoms with E-state index in [-0.39, 0.29) is 11.8 Å². The first-order valence-corrected chi connectivity index (χ1v) is 13.9. The number of Topliss-reactive ketones (excluding diaryl/α,β-unsaturated/α-hetero) is 1. The van der Waals surface area contributed by atoms with Gasteiger partial charge in [-0.05, 0) is 57.7 Å². The molecule has 2 aliphatic carbocycles. The lowest BCUT2D eigenvalue weighted by molar-refractivity contribution is -0.123. The summed E-state index contributed by atoms with van der Waals surface area (Å²) in [6.45, 7) is 6.10. The molecule has 0 saturated carbocycles. The molecule has 2 aliphatic heterocycles. The second-order valence-electron chi connectivity index (χ2n) is 10.7. The van der Waals surface area contributed by atoms with Crippen molar-refractivity contribution >= 4 is 17.9 Å². The van der Waals surface area contributed by atoms with Crippen LogP contribution in [0.25, 0.3) is 23.3 Å². The second-order valence-corrected chi connectivity index (χ2v) is 10.7. The van der Waals surface area contributed by atoms with Gasteiger partial charge >= 0.3 is 0 Å². The lowest BCUT2D eigenvalue weighted by Crippen LogP contribution is -2.49. The van der Waals surface area contributed by atoms with E-state index in [1.165, 1.54) is 32.7 Å². The molecule has 196 valence electrons. The molecule has 1 saturated heterocycles. The monoisotopic (exact) mass is 507 g/mol. The Hall–Kier alpha value is -3.25. The average molecular weight is 508 g/mol. The fourth-order valence-electron chi connectivity index (χ4n) is 6.36. The molecule has 4 aliphatic rings. The average Bonchev–Trinajstić information content (AvgIpc) is 3.25. The summed E-state index contributed by atoms with van der Waals surface area (Å²) in [6, 6.07) is 13.3. The number of nitrogens with one attached hydrogen (secondary N) is 1. The Balaban J connectivity index is 1.32. The number of rotatable bonds is 7. The van der Waals surface area contributed by atoms with Gasteiger partial charge in [0.15, 0.2) is 5.78 Å². The van der Waals surface area contributed by atoms with Crippen LogP contribution in [0.15, 0.2) is 72.6 Å². The van der Waals surface area contributed by atoms with Crippen molar-refractivity contribution in [1.82, 2.24) is 15.1 Å². The van der Waals surface area contributed by atoms with Crippen molar-refractivity contribution < 1.29 is 9.53 Å². The molecule has 0 radical (unpaired) electrons. The summed E-state index contributed by atoms with van der Waals surface area (Å²) in [4.78, 5) is 18.6. The molecule has 0 bridgehead atoms. The fraction of sp³-hybridized carbons (Fsp3) is 0.364. The first kappa shape index (κ1) is 25.1. The molecule has 0 amide bonds. The van der Waals surface area contributed by atoms with Gasteiger partial charge in [-0.2, -0.15) is 0 Å². The smallest absolute Gasteiger partial charge is 0.153 e. The van der Waals surface area contributed by atoms with Crippen molar-refractivity contribution in [3.63, 3.8) is 0 Å². The van der Waals surface area contributed by atoms with E-state index < -0.39 is 0 Å². The highest BCUT2D eigenvalue weighted by atomic mass is 16.5. The predicted octanol–water partition coefficient (Wildman–Crippen LogP) is 2.96. The van der Waals surface area contributed by atoms with Crippen LogP contribution in [-0.4, -0.2) is 68.6 Å². The first-order valence-electron chi connectivity index (χ1n) is 13.9. The highest BCUT2D eigenvalue weighted by Gasteiger charge is 2.31. The Kier molecular flexibility index (Phi) is 7.41. The minimum absolute atomic E-state index is 0.102. The summed E-state index contributed by atoms with van der Waals surface area (Å²) in [5, 5.41) is 6.04.